The van der Waals surface area contributed by atoms with Gasteiger partial charge in [0.1, 0.15) is 5.78 Å². The van der Waals surface area contributed by atoms with Crippen molar-refractivity contribution in [3.8, 4) is 0 Å². The molecule has 13 heavy (non-hydrogen) atoms. The first-order valence-electron chi connectivity index (χ1n) is 4.58. The highest BCUT2D eigenvalue weighted by molar-refractivity contribution is 14.1. The van der Waals surface area contributed by atoms with Crippen LogP contribution < -0.4 is 0 Å². The molecule has 0 aromatic heterocycles. The number of benzene rings is 1. The maximum absolute atomic E-state index is 11.5. The van der Waals surface area contributed by atoms with Crippen LogP contribution in [0.25, 0.3) is 0 Å². The van der Waals surface area contributed by atoms with Crippen LogP contribution in [0, 0.1) is 3.57 Å². The molecular formula is C11H9IO. The summed E-state index contributed by atoms with van der Waals surface area (Å²) in [5, 5.41) is 0. The van der Waals surface area contributed by atoms with Crippen LogP contribution in [0.2, 0.25) is 0 Å². The Morgan fingerprint density at radius 1 is 1.31 bits per heavy atom. The Morgan fingerprint density at radius 2 is 2.15 bits per heavy atom. The van der Waals surface area contributed by atoms with Gasteiger partial charge in [-0.2, -0.15) is 0 Å². The molecule has 2 bridgehead atoms. The Morgan fingerprint density at radius 3 is 3.00 bits per heavy atom. The van der Waals surface area contributed by atoms with Gasteiger partial charge in [0.05, 0.1) is 0 Å². The highest BCUT2D eigenvalue weighted by Gasteiger charge is 2.42. The Bertz CT molecular complexity index is 397. The highest BCUT2D eigenvalue weighted by Crippen LogP contribution is 2.51. The Balaban J connectivity index is 2.21. The van der Waals surface area contributed by atoms with Gasteiger partial charge in [0.15, 0.2) is 0 Å². The zero-order valence-corrected chi connectivity index (χ0v) is 9.24. The maximum Gasteiger partial charge on any atom is 0.140 e. The van der Waals surface area contributed by atoms with Crippen LogP contribution in [-0.2, 0) is 4.79 Å². The number of ketones is 1. The quantitative estimate of drug-likeness (QED) is 0.669. The molecule has 2 aliphatic carbocycles. The lowest BCUT2D eigenvalue weighted by Gasteiger charge is -2.13. The van der Waals surface area contributed by atoms with E-state index in [-0.39, 0.29) is 5.92 Å². The molecule has 1 fully saturated rings. The molecule has 2 unspecified atom stereocenters. The summed E-state index contributed by atoms with van der Waals surface area (Å²) in [5.41, 5.74) is 2.75. The van der Waals surface area contributed by atoms with E-state index in [1.165, 1.54) is 14.7 Å². The monoisotopic (exact) mass is 284 g/mol. The Labute approximate surface area is 90.7 Å². The topological polar surface area (TPSA) is 17.1 Å². The first-order valence-corrected chi connectivity index (χ1v) is 5.65. The number of carbonyl (C=O) groups excluding carboxylic acids is 1. The van der Waals surface area contributed by atoms with Gasteiger partial charge < -0.3 is 0 Å². The second-order valence-electron chi connectivity index (χ2n) is 3.93. The maximum atomic E-state index is 11.5. The van der Waals surface area contributed by atoms with Gasteiger partial charge in [-0.15, -0.1) is 0 Å². The molecule has 66 valence electrons. The fourth-order valence-electron chi connectivity index (χ4n) is 2.64. The lowest BCUT2D eigenvalue weighted by atomic mass is 9.91. The van der Waals surface area contributed by atoms with Crippen molar-refractivity contribution in [1.29, 1.82) is 0 Å². The van der Waals surface area contributed by atoms with Crippen molar-refractivity contribution in [2.45, 2.75) is 24.7 Å². The van der Waals surface area contributed by atoms with Crippen LogP contribution >= 0.6 is 22.6 Å². The van der Waals surface area contributed by atoms with Crippen molar-refractivity contribution in [3.63, 3.8) is 0 Å². The number of hydrogen-bond acceptors (Lipinski definition) is 1. The summed E-state index contributed by atoms with van der Waals surface area (Å²) in [7, 11) is 0. The minimum atomic E-state index is 0.245. The van der Waals surface area contributed by atoms with Crippen molar-refractivity contribution < 1.29 is 4.79 Å². The average Bonchev–Trinajstić information content (AvgIpc) is 2.60. The number of hydrogen-bond donors (Lipinski definition) is 0. The predicted molar refractivity (Wildman–Crippen MR) is 58.9 cm³/mol. The van der Waals surface area contributed by atoms with E-state index < -0.39 is 0 Å². The third-order valence-corrected chi connectivity index (χ3v) is 3.89. The Kier molecular flexibility index (Phi) is 1.57. The van der Waals surface area contributed by atoms with E-state index in [0.29, 0.717) is 11.7 Å². The van der Waals surface area contributed by atoms with Crippen LogP contribution in [0.5, 0.6) is 0 Å². The summed E-state index contributed by atoms with van der Waals surface area (Å²) in [4.78, 5) is 11.5. The second-order valence-corrected chi connectivity index (χ2v) is 5.17. The highest BCUT2D eigenvalue weighted by atomic mass is 127. The number of carbonyl (C=O) groups is 1. The van der Waals surface area contributed by atoms with Gasteiger partial charge in [-0.3, -0.25) is 4.79 Å². The van der Waals surface area contributed by atoms with E-state index in [4.69, 9.17) is 0 Å². The summed E-state index contributed by atoms with van der Waals surface area (Å²) in [6, 6.07) is 6.52. The van der Waals surface area contributed by atoms with E-state index in [1.54, 1.807) is 0 Å². The summed E-state index contributed by atoms with van der Waals surface area (Å²) >= 11 is 2.31. The molecule has 0 heterocycles. The van der Waals surface area contributed by atoms with Crippen LogP contribution in [0.15, 0.2) is 18.2 Å². The first kappa shape index (κ1) is 7.97. The first-order chi connectivity index (χ1) is 6.25. The molecule has 1 saturated carbocycles. The third-order valence-electron chi connectivity index (χ3n) is 3.22. The summed E-state index contributed by atoms with van der Waals surface area (Å²) in [6.07, 6.45) is 1.87. The van der Waals surface area contributed by atoms with Crippen LogP contribution in [0.3, 0.4) is 0 Å². The van der Waals surface area contributed by atoms with E-state index in [0.717, 1.165) is 12.8 Å². The zero-order chi connectivity index (χ0) is 9.00. The van der Waals surface area contributed by atoms with Crippen LogP contribution in [0.4, 0.5) is 0 Å². The Hall–Kier alpha value is -0.380. The molecule has 1 nitrogen and oxygen atoms in total. The fraction of sp³-hybridized carbons (Fsp3) is 0.364. The average molecular weight is 284 g/mol. The largest absolute Gasteiger partial charge is 0.299 e. The van der Waals surface area contributed by atoms with Crippen LogP contribution in [0.1, 0.15) is 35.8 Å². The summed E-state index contributed by atoms with van der Waals surface area (Å²) in [6.45, 7) is 0. The van der Waals surface area contributed by atoms with Gasteiger partial charge in [-0.05, 0) is 58.2 Å². The van der Waals surface area contributed by atoms with Crippen molar-refractivity contribution in [2.75, 3.05) is 0 Å². The minimum Gasteiger partial charge on any atom is -0.299 e. The SMILES string of the molecule is O=C1CC2CC1c1cc(I)ccc12. The molecular weight excluding hydrogens is 275 g/mol. The molecule has 0 radical (unpaired) electrons. The molecule has 0 N–H and O–H groups in total. The molecule has 0 saturated heterocycles. The minimum absolute atomic E-state index is 0.245. The number of Topliss-reactive ketones (excluding diaryl/α,β-unsaturated/α-hetero) is 1. The van der Waals surface area contributed by atoms with Crippen molar-refractivity contribution in [1.82, 2.24) is 0 Å². The molecule has 1 aromatic carbocycles. The predicted octanol–water partition coefficient (Wildman–Crippen LogP) is 2.83. The molecule has 0 spiro atoms. The van der Waals surface area contributed by atoms with Crippen molar-refractivity contribution >= 4 is 28.4 Å². The van der Waals surface area contributed by atoms with Gasteiger partial charge in [-0.1, -0.05) is 6.07 Å². The standard InChI is InChI=1S/C11H9IO/c12-7-1-2-8-6-3-10(9(8)5-7)11(13)4-6/h1-2,5-6,10H,3-4H2. The molecule has 0 amide bonds. The van der Waals surface area contributed by atoms with E-state index in [1.807, 2.05) is 0 Å². The van der Waals surface area contributed by atoms with Crippen LogP contribution in [-0.4, -0.2) is 5.78 Å². The number of fused-ring (bicyclic) bond motifs is 5. The van der Waals surface area contributed by atoms with Gasteiger partial charge in [0.2, 0.25) is 0 Å². The van der Waals surface area contributed by atoms with Crippen molar-refractivity contribution in [2.24, 2.45) is 0 Å². The van der Waals surface area contributed by atoms with E-state index in [2.05, 4.69) is 40.8 Å². The summed E-state index contributed by atoms with van der Waals surface area (Å²) in [5.74, 6) is 1.25. The normalized spacial score (nSPS) is 29.5. The molecule has 2 heteroatoms. The van der Waals surface area contributed by atoms with Gasteiger partial charge in [0, 0.05) is 15.9 Å². The van der Waals surface area contributed by atoms with E-state index in [9.17, 15) is 4.79 Å². The lowest BCUT2D eigenvalue weighted by Crippen LogP contribution is -2.09. The second kappa shape index (κ2) is 2.56. The lowest BCUT2D eigenvalue weighted by molar-refractivity contribution is -0.118. The fourth-order valence-corrected chi connectivity index (χ4v) is 3.16. The smallest absolute Gasteiger partial charge is 0.140 e. The third kappa shape index (κ3) is 1.01. The van der Waals surface area contributed by atoms with Gasteiger partial charge in [0.25, 0.3) is 0 Å². The van der Waals surface area contributed by atoms with E-state index >= 15 is 0 Å². The molecule has 2 atom stereocenters. The zero-order valence-electron chi connectivity index (χ0n) is 7.09. The molecule has 2 aliphatic rings. The number of halogens is 1. The molecule has 1 aromatic rings. The molecule has 3 rings (SSSR count). The van der Waals surface area contributed by atoms with Gasteiger partial charge >= 0.3 is 0 Å². The van der Waals surface area contributed by atoms with Gasteiger partial charge in [-0.25, -0.2) is 0 Å². The molecule has 0 aliphatic heterocycles. The summed E-state index contributed by atoms with van der Waals surface area (Å²) < 4.78 is 1.25. The van der Waals surface area contributed by atoms with Crippen molar-refractivity contribution in [3.05, 3.63) is 32.9 Å². The number of rotatable bonds is 0.